The highest BCUT2D eigenvalue weighted by molar-refractivity contribution is 7.10. The highest BCUT2D eigenvalue weighted by Crippen LogP contribution is 2.43. The lowest BCUT2D eigenvalue weighted by atomic mass is 9.72. The van der Waals surface area contributed by atoms with Gasteiger partial charge in [0, 0.05) is 22.7 Å². The van der Waals surface area contributed by atoms with Gasteiger partial charge in [0.1, 0.15) is 5.01 Å². The zero-order chi connectivity index (χ0) is 19.9. The quantitative estimate of drug-likeness (QED) is 0.597. The van der Waals surface area contributed by atoms with E-state index in [0.717, 1.165) is 33.7 Å². The van der Waals surface area contributed by atoms with Gasteiger partial charge in [-0.2, -0.15) is 0 Å². The highest BCUT2D eigenvalue weighted by Gasteiger charge is 2.29. The smallest absolute Gasteiger partial charge is 0.336 e. The fourth-order valence-electron chi connectivity index (χ4n) is 3.79. The lowest BCUT2D eigenvalue weighted by Crippen LogP contribution is -2.21. The van der Waals surface area contributed by atoms with Gasteiger partial charge in [-0.25, -0.2) is 9.78 Å². The fourth-order valence-corrected chi connectivity index (χ4v) is 4.48. The van der Waals surface area contributed by atoms with Gasteiger partial charge in [-0.15, -0.1) is 17.8 Å². The number of terminal acetylenes is 1. The van der Waals surface area contributed by atoms with E-state index in [4.69, 9.17) is 6.42 Å². The van der Waals surface area contributed by atoms with Crippen LogP contribution in [0.1, 0.15) is 52.3 Å². The molecule has 0 atom stereocenters. The number of allylic oxidation sites excluding steroid dienone is 1. The number of hydrogen-bond acceptors (Lipinski definition) is 3. The van der Waals surface area contributed by atoms with Crippen molar-refractivity contribution in [1.82, 2.24) is 4.98 Å². The van der Waals surface area contributed by atoms with Crippen molar-refractivity contribution in [2.24, 2.45) is 0 Å². The van der Waals surface area contributed by atoms with Crippen LogP contribution in [0, 0.1) is 12.3 Å². The third kappa shape index (κ3) is 2.94. The van der Waals surface area contributed by atoms with Crippen LogP contribution in [0.5, 0.6) is 0 Å². The molecule has 0 fully saturated rings. The summed E-state index contributed by atoms with van der Waals surface area (Å²) in [4.78, 5) is 16.1. The molecule has 4 rings (SSSR count). The first-order valence-corrected chi connectivity index (χ1v) is 9.88. The Morgan fingerprint density at radius 1 is 1.25 bits per heavy atom. The molecule has 0 saturated carbocycles. The molecule has 1 heterocycles. The molecular formula is C24H19NO2S. The number of aromatic nitrogens is 1. The average Bonchev–Trinajstić information content (AvgIpc) is 3.21. The van der Waals surface area contributed by atoms with Gasteiger partial charge in [0.05, 0.1) is 5.56 Å². The Hall–Kier alpha value is -3.16. The number of hydrogen-bond donors (Lipinski definition) is 1. The van der Waals surface area contributed by atoms with Crippen LogP contribution in [0.2, 0.25) is 0 Å². The van der Waals surface area contributed by atoms with Crippen LogP contribution in [-0.4, -0.2) is 16.1 Å². The van der Waals surface area contributed by atoms with Gasteiger partial charge in [0.25, 0.3) is 0 Å². The summed E-state index contributed by atoms with van der Waals surface area (Å²) in [5, 5.41) is 12.5. The lowest BCUT2D eigenvalue weighted by Gasteiger charge is -2.32. The molecule has 0 unspecified atom stereocenters. The lowest BCUT2D eigenvalue weighted by molar-refractivity contribution is 0.0696. The van der Waals surface area contributed by atoms with Crippen LogP contribution in [-0.2, 0) is 5.41 Å². The van der Waals surface area contributed by atoms with Crippen molar-refractivity contribution in [2.75, 3.05) is 0 Å². The summed E-state index contributed by atoms with van der Waals surface area (Å²) in [7, 11) is 0. The fraction of sp³-hybridized carbons (Fsp3) is 0.167. The zero-order valence-corrected chi connectivity index (χ0v) is 16.5. The van der Waals surface area contributed by atoms with Crippen LogP contribution >= 0.6 is 11.3 Å². The number of thiazole rings is 1. The number of carbonyl (C=O) groups is 1. The van der Waals surface area contributed by atoms with E-state index in [1.807, 2.05) is 23.7 Å². The van der Waals surface area contributed by atoms with Crippen molar-refractivity contribution < 1.29 is 9.90 Å². The molecule has 1 aliphatic carbocycles. The minimum atomic E-state index is -1.02. The second kappa shape index (κ2) is 6.78. The molecule has 2 aromatic carbocycles. The predicted molar refractivity (Wildman–Crippen MR) is 114 cm³/mol. The van der Waals surface area contributed by atoms with Crippen LogP contribution in [0.4, 0.5) is 0 Å². The summed E-state index contributed by atoms with van der Waals surface area (Å²) in [6.45, 7) is 4.47. The maximum atomic E-state index is 11.6. The molecule has 0 saturated heterocycles. The number of nitrogens with zero attached hydrogens (tertiary/aromatic N) is 1. The van der Waals surface area contributed by atoms with Crippen LogP contribution < -0.4 is 0 Å². The van der Waals surface area contributed by atoms with E-state index in [1.54, 1.807) is 23.5 Å². The van der Waals surface area contributed by atoms with Crippen molar-refractivity contribution in [3.63, 3.8) is 0 Å². The molecule has 1 N–H and O–H groups in total. The molecule has 138 valence electrons. The maximum absolute atomic E-state index is 11.6. The van der Waals surface area contributed by atoms with E-state index < -0.39 is 5.97 Å². The molecule has 1 aromatic heterocycles. The number of aromatic carboxylic acids is 1. The molecule has 3 aromatic rings. The number of benzene rings is 2. The Morgan fingerprint density at radius 3 is 2.75 bits per heavy atom. The Bertz CT molecular complexity index is 1150. The number of fused-ring (bicyclic) bond motifs is 1. The molecule has 0 aliphatic heterocycles. The van der Waals surface area contributed by atoms with Crippen molar-refractivity contribution >= 4 is 22.9 Å². The van der Waals surface area contributed by atoms with E-state index in [1.165, 1.54) is 5.56 Å². The Labute approximate surface area is 168 Å². The van der Waals surface area contributed by atoms with Crippen molar-refractivity contribution in [2.45, 2.75) is 25.7 Å². The molecule has 0 spiro atoms. The minimum Gasteiger partial charge on any atom is -0.478 e. The first-order valence-electron chi connectivity index (χ1n) is 9.00. The van der Waals surface area contributed by atoms with E-state index in [2.05, 4.69) is 43.0 Å². The molecule has 28 heavy (non-hydrogen) atoms. The van der Waals surface area contributed by atoms with E-state index in [9.17, 15) is 9.90 Å². The van der Waals surface area contributed by atoms with Crippen molar-refractivity contribution in [3.8, 4) is 23.5 Å². The van der Waals surface area contributed by atoms with Crippen LogP contribution in [0.3, 0.4) is 0 Å². The summed E-state index contributed by atoms with van der Waals surface area (Å²) in [5.41, 5.74) is 5.77. The number of rotatable bonds is 3. The van der Waals surface area contributed by atoms with Crippen LogP contribution in [0.15, 0.2) is 54.1 Å². The molecule has 4 heteroatoms. The van der Waals surface area contributed by atoms with Crippen molar-refractivity contribution in [1.29, 1.82) is 0 Å². The minimum absolute atomic E-state index is 0.0203. The van der Waals surface area contributed by atoms with Crippen molar-refractivity contribution in [3.05, 3.63) is 81.3 Å². The maximum Gasteiger partial charge on any atom is 0.336 e. The molecule has 0 bridgehead atoms. The van der Waals surface area contributed by atoms with Gasteiger partial charge < -0.3 is 5.11 Å². The molecule has 3 nitrogen and oxygen atoms in total. The third-order valence-corrected chi connectivity index (χ3v) is 6.07. The second-order valence-electron chi connectivity index (χ2n) is 7.48. The summed E-state index contributed by atoms with van der Waals surface area (Å²) >= 11 is 1.62. The average molecular weight is 385 g/mol. The normalized spacial score (nSPS) is 14.7. The summed E-state index contributed by atoms with van der Waals surface area (Å²) in [5.74, 6) is 1.56. The second-order valence-corrected chi connectivity index (χ2v) is 8.38. The van der Waals surface area contributed by atoms with Crippen LogP contribution in [0.25, 0.3) is 16.7 Å². The first kappa shape index (κ1) is 18.2. The predicted octanol–water partition coefficient (Wildman–Crippen LogP) is 5.60. The largest absolute Gasteiger partial charge is 0.478 e. The van der Waals surface area contributed by atoms with Gasteiger partial charge in [0.2, 0.25) is 0 Å². The molecular weight excluding hydrogens is 366 g/mol. The highest BCUT2D eigenvalue weighted by atomic mass is 32.1. The first-order chi connectivity index (χ1) is 13.4. The summed E-state index contributed by atoms with van der Waals surface area (Å²) in [6, 6.07) is 11.5. The van der Waals surface area contributed by atoms with Gasteiger partial charge in [-0.3, -0.25) is 0 Å². The number of carboxylic acids is 1. The van der Waals surface area contributed by atoms with E-state index in [0.29, 0.717) is 5.56 Å². The van der Waals surface area contributed by atoms with E-state index >= 15 is 0 Å². The monoisotopic (exact) mass is 385 g/mol. The molecule has 1 aliphatic rings. The Balaban J connectivity index is 1.94. The standard InChI is InChI=1S/C24H19NO2S/c1-4-16-17(6-5-7-19(16)23(26)27)15-8-9-21-20(14-15)18(10-11-24(21,2)3)22-25-12-13-28-22/h1,5-10,12-14H,11H2,2-3H3,(H,26,27). The molecule has 0 amide bonds. The summed E-state index contributed by atoms with van der Waals surface area (Å²) < 4.78 is 0. The Kier molecular flexibility index (Phi) is 4.41. The zero-order valence-electron chi connectivity index (χ0n) is 15.7. The topological polar surface area (TPSA) is 50.2 Å². The molecule has 0 radical (unpaired) electrons. The van der Waals surface area contributed by atoms with Gasteiger partial charge >= 0.3 is 5.97 Å². The third-order valence-electron chi connectivity index (χ3n) is 5.27. The van der Waals surface area contributed by atoms with Gasteiger partial charge in [0.15, 0.2) is 0 Å². The number of carboxylic acid groups (broad SMARTS) is 1. The van der Waals surface area contributed by atoms with E-state index in [-0.39, 0.29) is 11.0 Å². The Morgan fingerprint density at radius 2 is 2.07 bits per heavy atom. The van der Waals surface area contributed by atoms with Gasteiger partial charge in [-0.05, 0) is 46.2 Å². The van der Waals surface area contributed by atoms with Gasteiger partial charge in [-0.1, -0.05) is 50.1 Å². The summed E-state index contributed by atoms with van der Waals surface area (Å²) in [6.07, 6.45) is 10.7. The SMILES string of the molecule is C#Cc1c(C(=O)O)cccc1-c1ccc2c(c1)C(c1nccs1)=CCC2(C)C.